The van der Waals surface area contributed by atoms with Crippen molar-refractivity contribution in [2.24, 2.45) is 0 Å². The van der Waals surface area contributed by atoms with Crippen LogP contribution in [0.4, 0.5) is 0 Å². The van der Waals surface area contributed by atoms with E-state index in [4.69, 9.17) is 18.9 Å². The molecule has 1 aliphatic rings. The Hall–Kier alpha value is -1.59. The van der Waals surface area contributed by atoms with Crippen LogP contribution in [-0.4, -0.2) is 26.3 Å². The minimum Gasteiger partial charge on any atom is -0.454 e. The third-order valence-corrected chi connectivity index (χ3v) is 2.60. The Morgan fingerprint density at radius 1 is 1.22 bits per heavy atom. The number of rotatable bonds is 6. The molecule has 0 aromatic heterocycles. The molecule has 1 aliphatic heterocycles. The highest BCUT2D eigenvalue weighted by molar-refractivity contribution is 5.79. The zero-order valence-corrected chi connectivity index (χ0v) is 10.5. The average Bonchev–Trinajstić information content (AvgIpc) is 2.84. The van der Waals surface area contributed by atoms with Gasteiger partial charge in [-0.3, -0.25) is 4.79 Å². The van der Waals surface area contributed by atoms with Gasteiger partial charge < -0.3 is 18.9 Å². The number of hydrogen-bond donors (Lipinski definition) is 0. The molecular weight excluding hydrogens is 236 g/mol. The van der Waals surface area contributed by atoms with E-state index >= 15 is 0 Å². The number of fused-ring (bicyclic) bond motifs is 1. The van der Waals surface area contributed by atoms with Crippen molar-refractivity contribution in [3.63, 3.8) is 0 Å². The summed E-state index contributed by atoms with van der Waals surface area (Å²) in [4.78, 5) is 11.1. The molecule has 0 unspecified atom stereocenters. The summed E-state index contributed by atoms with van der Waals surface area (Å²) < 4.78 is 21.5. The first-order chi connectivity index (χ1) is 8.80. The van der Waals surface area contributed by atoms with Gasteiger partial charge in [-0.15, -0.1) is 0 Å². The van der Waals surface area contributed by atoms with Crippen LogP contribution in [0.15, 0.2) is 12.1 Å². The van der Waals surface area contributed by atoms with Crippen LogP contribution in [0.3, 0.4) is 0 Å². The predicted octanol–water partition coefficient (Wildman–Crippen LogP) is 2.30. The molecule has 0 bridgehead atoms. The van der Waals surface area contributed by atoms with Crippen molar-refractivity contribution >= 4 is 6.29 Å². The second kappa shape index (κ2) is 5.84. The molecule has 5 nitrogen and oxygen atoms in total. The van der Waals surface area contributed by atoms with E-state index in [0.717, 1.165) is 6.29 Å². The summed E-state index contributed by atoms with van der Waals surface area (Å²) >= 11 is 0. The van der Waals surface area contributed by atoms with Gasteiger partial charge in [-0.25, -0.2) is 0 Å². The third kappa shape index (κ3) is 2.47. The molecule has 5 heteroatoms. The molecule has 0 amide bonds. The number of hydrogen-bond acceptors (Lipinski definition) is 5. The Bertz CT molecular complexity index is 424. The van der Waals surface area contributed by atoms with Gasteiger partial charge >= 0.3 is 0 Å². The van der Waals surface area contributed by atoms with E-state index in [9.17, 15) is 4.79 Å². The fourth-order valence-corrected chi connectivity index (χ4v) is 1.81. The van der Waals surface area contributed by atoms with Crippen LogP contribution in [0.25, 0.3) is 0 Å². The number of benzene rings is 1. The van der Waals surface area contributed by atoms with E-state index in [-0.39, 0.29) is 6.79 Å². The lowest BCUT2D eigenvalue weighted by molar-refractivity contribution is -0.140. The Morgan fingerprint density at radius 3 is 2.39 bits per heavy atom. The van der Waals surface area contributed by atoms with E-state index in [0.29, 0.717) is 35.8 Å². The Labute approximate surface area is 106 Å². The number of ether oxygens (including phenoxy) is 4. The molecule has 1 aromatic carbocycles. The zero-order valence-electron chi connectivity index (χ0n) is 10.5. The van der Waals surface area contributed by atoms with E-state index in [1.807, 2.05) is 13.8 Å². The van der Waals surface area contributed by atoms with Crippen molar-refractivity contribution < 1.29 is 23.7 Å². The Morgan fingerprint density at radius 2 is 1.83 bits per heavy atom. The summed E-state index contributed by atoms with van der Waals surface area (Å²) in [6.45, 7) is 4.92. The maximum Gasteiger partial charge on any atom is 0.231 e. The van der Waals surface area contributed by atoms with Crippen LogP contribution in [0.5, 0.6) is 11.5 Å². The molecule has 18 heavy (non-hydrogen) atoms. The lowest BCUT2D eigenvalue weighted by atomic mass is 10.1. The Balaban J connectivity index is 2.37. The van der Waals surface area contributed by atoms with Crippen LogP contribution in [0.1, 0.15) is 36.1 Å². The van der Waals surface area contributed by atoms with Gasteiger partial charge in [-0.05, 0) is 26.0 Å². The fraction of sp³-hybridized carbons (Fsp3) is 0.462. The highest BCUT2D eigenvalue weighted by Crippen LogP contribution is 2.37. The maximum absolute atomic E-state index is 11.1. The first kappa shape index (κ1) is 12.9. The summed E-state index contributed by atoms with van der Waals surface area (Å²) in [6.07, 6.45) is 0.206. The molecule has 1 aromatic rings. The molecule has 2 rings (SSSR count). The normalized spacial score (nSPS) is 13.1. The monoisotopic (exact) mass is 252 g/mol. The van der Waals surface area contributed by atoms with E-state index in [1.165, 1.54) is 0 Å². The fourth-order valence-electron chi connectivity index (χ4n) is 1.81. The van der Waals surface area contributed by atoms with Crippen molar-refractivity contribution in [3.05, 3.63) is 23.3 Å². The van der Waals surface area contributed by atoms with Gasteiger partial charge in [0.1, 0.15) is 0 Å². The maximum atomic E-state index is 11.1. The highest BCUT2D eigenvalue weighted by Gasteiger charge is 2.22. The van der Waals surface area contributed by atoms with Crippen molar-refractivity contribution in [3.8, 4) is 11.5 Å². The van der Waals surface area contributed by atoms with Gasteiger partial charge in [0.15, 0.2) is 24.1 Å². The molecule has 0 saturated heterocycles. The van der Waals surface area contributed by atoms with Crippen LogP contribution >= 0.6 is 0 Å². The van der Waals surface area contributed by atoms with Crippen LogP contribution in [-0.2, 0) is 9.47 Å². The molecule has 0 fully saturated rings. The highest BCUT2D eigenvalue weighted by atomic mass is 16.7. The quantitative estimate of drug-likeness (QED) is 0.574. The standard InChI is InChI=1S/C13H16O5/c1-3-15-13(16-4-2)10-6-12-11(17-8-18-12)5-9(10)7-14/h5-7,13H,3-4,8H2,1-2H3. The van der Waals surface area contributed by atoms with Crippen LogP contribution in [0, 0.1) is 0 Å². The molecule has 0 radical (unpaired) electrons. The van der Waals surface area contributed by atoms with Gasteiger partial charge in [0.25, 0.3) is 0 Å². The van der Waals surface area contributed by atoms with Gasteiger partial charge in [0.2, 0.25) is 6.79 Å². The predicted molar refractivity (Wildman–Crippen MR) is 63.9 cm³/mol. The van der Waals surface area contributed by atoms with E-state index in [2.05, 4.69) is 0 Å². The minimum atomic E-state index is -0.560. The summed E-state index contributed by atoms with van der Waals surface area (Å²) in [6, 6.07) is 3.39. The van der Waals surface area contributed by atoms with Crippen molar-refractivity contribution in [1.29, 1.82) is 0 Å². The molecule has 0 spiro atoms. The van der Waals surface area contributed by atoms with E-state index < -0.39 is 6.29 Å². The number of carbonyl (C=O) groups excluding carboxylic acids is 1. The molecular formula is C13H16O5. The summed E-state index contributed by atoms with van der Waals surface area (Å²) in [5.74, 6) is 1.19. The van der Waals surface area contributed by atoms with Crippen LogP contribution < -0.4 is 9.47 Å². The first-order valence-electron chi connectivity index (χ1n) is 5.92. The van der Waals surface area contributed by atoms with Gasteiger partial charge in [-0.1, -0.05) is 0 Å². The smallest absolute Gasteiger partial charge is 0.231 e. The molecule has 0 saturated carbocycles. The minimum absolute atomic E-state index is 0.172. The average molecular weight is 252 g/mol. The number of aldehydes is 1. The number of carbonyl (C=O) groups is 1. The summed E-state index contributed by atoms with van der Waals surface area (Å²) in [5, 5.41) is 0. The summed E-state index contributed by atoms with van der Waals surface area (Å²) in [5.41, 5.74) is 1.16. The first-order valence-corrected chi connectivity index (χ1v) is 5.92. The van der Waals surface area contributed by atoms with Crippen molar-refractivity contribution in [2.45, 2.75) is 20.1 Å². The zero-order chi connectivity index (χ0) is 13.0. The van der Waals surface area contributed by atoms with Gasteiger partial charge in [0, 0.05) is 24.3 Å². The Kier molecular flexibility index (Phi) is 4.17. The third-order valence-electron chi connectivity index (χ3n) is 2.60. The van der Waals surface area contributed by atoms with Crippen molar-refractivity contribution in [1.82, 2.24) is 0 Å². The largest absolute Gasteiger partial charge is 0.454 e. The lowest BCUT2D eigenvalue weighted by Gasteiger charge is -2.19. The topological polar surface area (TPSA) is 54.0 Å². The second-order valence-electron chi connectivity index (χ2n) is 3.69. The summed E-state index contributed by atoms with van der Waals surface area (Å²) in [7, 11) is 0. The van der Waals surface area contributed by atoms with Crippen molar-refractivity contribution in [2.75, 3.05) is 20.0 Å². The van der Waals surface area contributed by atoms with Crippen LogP contribution in [0.2, 0.25) is 0 Å². The molecule has 0 aliphatic carbocycles. The molecule has 98 valence electrons. The molecule has 1 heterocycles. The molecule has 0 N–H and O–H groups in total. The van der Waals surface area contributed by atoms with Gasteiger partial charge in [-0.2, -0.15) is 0 Å². The molecule has 0 atom stereocenters. The second-order valence-corrected chi connectivity index (χ2v) is 3.69. The van der Waals surface area contributed by atoms with Gasteiger partial charge in [0.05, 0.1) is 0 Å². The lowest BCUT2D eigenvalue weighted by Crippen LogP contribution is -2.11. The SMILES string of the molecule is CCOC(OCC)c1cc2c(cc1C=O)OCO2. The van der Waals surface area contributed by atoms with E-state index in [1.54, 1.807) is 12.1 Å².